The molecule has 0 spiro atoms. The van der Waals surface area contributed by atoms with E-state index in [9.17, 15) is 9.59 Å². The van der Waals surface area contributed by atoms with E-state index < -0.39 is 0 Å². The number of nitrogens with one attached hydrogen (secondary N) is 1. The minimum Gasteiger partial charge on any atom is -0.497 e. The molecule has 1 fully saturated rings. The van der Waals surface area contributed by atoms with E-state index in [1.54, 1.807) is 26.0 Å². The fourth-order valence-electron chi connectivity index (χ4n) is 2.97. The van der Waals surface area contributed by atoms with Gasteiger partial charge in [-0.2, -0.15) is 0 Å². The normalized spacial score (nSPS) is 16.2. The molecule has 25 heavy (non-hydrogen) atoms. The second-order valence-corrected chi connectivity index (χ2v) is 6.18. The summed E-state index contributed by atoms with van der Waals surface area (Å²) in [5.41, 5.74) is 0.872. The van der Waals surface area contributed by atoms with E-state index >= 15 is 0 Å². The lowest BCUT2D eigenvalue weighted by molar-refractivity contribution is -0.131. The van der Waals surface area contributed by atoms with Gasteiger partial charge in [-0.25, -0.2) is 0 Å². The Morgan fingerprint density at radius 2 is 1.84 bits per heavy atom. The third-order valence-corrected chi connectivity index (χ3v) is 4.47. The van der Waals surface area contributed by atoms with Crippen LogP contribution in [0.1, 0.15) is 25.5 Å². The molecule has 0 bridgehead atoms. The van der Waals surface area contributed by atoms with Crippen LogP contribution in [0.15, 0.2) is 18.2 Å². The molecule has 0 aliphatic carbocycles. The SMILES string of the molecule is COc1ccc(OC)c([C@@H](C)NC(=O)CN2CCN(C(C)=O)CC2)c1. The number of amides is 2. The Morgan fingerprint density at radius 1 is 1.16 bits per heavy atom. The molecule has 2 rings (SSSR count). The van der Waals surface area contributed by atoms with Crippen LogP contribution in [0.3, 0.4) is 0 Å². The van der Waals surface area contributed by atoms with Gasteiger partial charge in [0, 0.05) is 38.7 Å². The van der Waals surface area contributed by atoms with Gasteiger partial charge in [-0.3, -0.25) is 14.5 Å². The number of nitrogens with zero attached hydrogens (tertiary/aromatic N) is 2. The van der Waals surface area contributed by atoms with Crippen molar-refractivity contribution in [3.63, 3.8) is 0 Å². The molecule has 0 saturated carbocycles. The van der Waals surface area contributed by atoms with E-state index in [0.717, 1.165) is 11.3 Å². The van der Waals surface area contributed by atoms with Crippen LogP contribution >= 0.6 is 0 Å². The lowest BCUT2D eigenvalue weighted by atomic mass is 10.1. The van der Waals surface area contributed by atoms with Crippen LogP contribution in [-0.2, 0) is 9.59 Å². The van der Waals surface area contributed by atoms with E-state index in [4.69, 9.17) is 9.47 Å². The van der Waals surface area contributed by atoms with Crippen molar-refractivity contribution < 1.29 is 19.1 Å². The maximum Gasteiger partial charge on any atom is 0.234 e. The molecule has 1 aliphatic heterocycles. The summed E-state index contributed by atoms with van der Waals surface area (Å²) in [7, 11) is 3.21. The number of hydrogen-bond acceptors (Lipinski definition) is 5. The Kier molecular flexibility index (Phi) is 6.64. The molecule has 7 heteroatoms. The zero-order valence-electron chi connectivity index (χ0n) is 15.4. The number of carbonyl (C=O) groups is 2. The largest absolute Gasteiger partial charge is 0.497 e. The summed E-state index contributed by atoms with van der Waals surface area (Å²) in [5, 5.41) is 3.01. The highest BCUT2D eigenvalue weighted by molar-refractivity contribution is 5.78. The number of carbonyl (C=O) groups excluding carboxylic acids is 2. The van der Waals surface area contributed by atoms with E-state index in [2.05, 4.69) is 10.2 Å². The zero-order valence-corrected chi connectivity index (χ0v) is 15.4. The molecule has 1 aromatic rings. The highest BCUT2D eigenvalue weighted by Gasteiger charge is 2.21. The lowest BCUT2D eigenvalue weighted by Crippen LogP contribution is -2.50. The standard InChI is InChI=1S/C18H27N3O4/c1-13(16-11-15(24-3)5-6-17(16)25-4)19-18(23)12-20-7-9-21(10-8-20)14(2)22/h5-6,11,13H,7-10,12H2,1-4H3,(H,19,23)/t13-/m1/s1. The average molecular weight is 349 g/mol. The molecule has 138 valence electrons. The Balaban J connectivity index is 1.91. The summed E-state index contributed by atoms with van der Waals surface area (Å²) in [6.45, 7) is 6.58. The van der Waals surface area contributed by atoms with Crippen LogP contribution in [-0.4, -0.2) is 68.6 Å². The first-order valence-corrected chi connectivity index (χ1v) is 8.43. The van der Waals surface area contributed by atoms with Gasteiger partial charge in [-0.1, -0.05) is 0 Å². The van der Waals surface area contributed by atoms with Gasteiger partial charge in [0.15, 0.2) is 0 Å². The maximum absolute atomic E-state index is 12.4. The molecule has 1 aromatic carbocycles. The van der Waals surface area contributed by atoms with Gasteiger partial charge >= 0.3 is 0 Å². The predicted molar refractivity (Wildman–Crippen MR) is 94.8 cm³/mol. The van der Waals surface area contributed by atoms with Crippen molar-refractivity contribution in [2.24, 2.45) is 0 Å². The minimum atomic E-state index is -0.198. The Hall–Kier alpha value is -2.28. The molecule has 1 saturated heterocycles. The van der Waals surface area contributed by atoms with Crippen LogP contribution < -0.4 is 14.8 Å². The Morgan fingerprint density at radius 3 is 2.40 bits per heavy atom. The van der Waals surface area contributed by atoms with Gasteiger partial charge in [-0.15, -0.1) is 0 Å². The molecule has 1 atom stereocenters. The second kappa shape index (κ2) is 8.71. The summed E-state index contributed by atoms with van der Waals surface area (Å²) in [5.74, 6) is 1.47. The van der Waals surface area contributed by atoms with Crippen molar-refractivity contribution in [2.75, 3.05) is 46.9 Å². The summed E-state index contributed by atoms with van der Waals surface area (Å²) >= 11 is 0. The Bertz CT molecular complexity index is 612. The highest BCUT2D eigenvalue weighted by atomic mass is 16.5. The summed E-state index contributed by atoms with van der Waals surface area (Å²) < 4.78 is 10.6. The van der Waals surface area contributed by atoms with E-state index in [-0.39, 0.29) is 17.9 Å². The molecule has 0 unspecified atom stereocenters. The number of benzene rings is 1. The molecule has 1 aliphatic rings. The van der Waals surface area contributed by atoms with E-state index in [1.807, 2.05) is 25.1 Å². The van der Waals surface area contributed by atoms with Crippen molar-refractivity contribution in [3.8, 4) is 11.5 Å². The number of methoxy groups -OCH3 is 2. The highest BCUT2D eigenvalue weighted by Crippen LogP contribution is 2.29. The van der Waals surface area contributed by atoms with Gasteiger partial charge in [0.2, 0.25) is 11.8 Å². The van der Waals surface area contributed by atoms with Crippen LogP contribution in [0.4, 0.5) is 0 Å². The topological polar surface area (TPSA) is 71.1 Å². The second-order valence-electron chi connectivity index (χ2n) is 6.18. The van der Waals surface area contributed by atoms with Crippen molar-refractivity contribution in [3.05, 3.63) is 23.8 Å². The molecule has 7 nitrogen and oxygen atoms in total. The first kappa shape index (κ1) is 19.1. The molecule has 1 N–H and O–H groups in total. The first-order valence-electron chi connectivity index (χ1n) is 8.43. The average Bonchev–Trinajstić information content (AvgIpc) is 2.61. The first-order chi connectivity index (χ1) is 11.9. The summed E-state index contributed by atoms with van der Waals surface area (Å²) in [6, 6.07) is 5.33. The van der Waals surface area contributed by atoms with Gasteiger partial charge in [0.25, 0.3) is 0 Å². The molecular formula is C18H27N3O4. The van der Waals surface area contributed by atoms with Crippen molar-refractivity contribution in [1.82, 2.24) is 15.1 Å². The number of hydrogen-bond donors (Lipinski definition) is 1. The van der Waals surface area contributed by atoms with Crippen LogP contribution in [0.2, 0.25) is 0 Å². The predicted octanol–water partition coefficient (Wildman–Crippen LogP) is 1.05. The summed E-state index contributed by atoms with van der Waals surface area (Å²) in [6.07, 6.45) is 0. The van der Waals surface area contributed by atoms with Gasteiger partial charge < -0.3 is 19.7 Å². The molecule has 2 amide bonds. The van der Waals surface area contributed by atoms with Gasteiger partial charge in [-0.05, 0) is 25.1 Å². The number of piperazine rings is 1. The zero-order chi connectivity index (χ0) is 18.4. The van der Waals surface area contributed by atoms with Crippen molar-refractivity contribution >= 4 is 11.8 Å². The molecular weight excluding hydrogens is 322 g/mol. The Labute approximate surface area is 148 Å². The van der Waals surface area contributed by atoms with Crippen molar-refractivity contribution in [2.45, 2.75) is 19.9 Å². The fraction of sp³-hybridized carbons (Fsp3) is 0.556. The molecule has 0 aromatic heterocycles. The van der Waals surface area contributed by atoms with Gasteiger partial charge in [0.1, 0.15) is 11.5 Å². The summed E-state index contributed by atoms with van der Waals surface area (Å²) in [4.78, 5) is 27.6. The van der Waals surface area contributed by atoms with Crippen LogP contribution in [0.25, 0.3) is 0 Å². The smallest absolute Gasteiger partial charge is 0.234 e. The molecule has 1 heterocycles. The third kappa shape index (κ3) is 5.09. The van der Waals surface area contributed by atoms with Gasteiger partial charge in [0.05, 0.1) is 26.8 Å². The van der Waals surface area contributed by atoms with E-state index in [1.165, 1.54) is 0 Å². The lowest BCUT2D eigenvalue weighted by Gasteiger charge is -2.33. The van der Waals surface area contributed by atoms with Crippen LogP contribution in [0.5, 0.6) is 11.5 Å². The minimum absolute atomic E-state index is 0.0475. The number of ether oxygens (including phenoxy) is 2. The van der Waals surface area contributed by atoms with E-state index in [0.29, 0.717) is 38.5 Å². The quantitative estimate of drug-likeness (QED) is 0.831. The maximum atomic E-state index is 12.4. The third-order valence-electron chi connectivity index (χ3n) is 4.47. The molecule has 0 radical (unpaired) electrons. The van der Waals surface area contributed by atoms with Crippen molar-refractivity contribution in [1.29, 1.82) is 0 Å². The fourth-order valence-corrected chi connectivity index (χ4v) is 2.97. The monoisotopic (exact) mass is 349 g/mol. The number of rotatable bonds is 6. The van der Waals surface area contributed by atoms with Crippen LogP contribution in [0, 0.1) is 0 Å².